The molecule has 1 aromatic heterocycles. The van der Waals surface area contributed by atoms with Crippen molar-refractivity contribution in [3.63, 3.8) is 0 Å². The smallest absolute Gasteiger partial charge is 0.358 e. The summed E-state index contributed by atoms with van der Waals surface area (Å²) in [5.41, 5.74) is 0.808. The summed E-state index contributed by atoms with van der Waals surface area (Å²) >= 11 is 5.94. The van der Waals surface area contributed by atoms with Gasteiger partial charge in [-0.3, -0.25) is 0 Å². The minimum absolute atomic E-state index is 0.0579. The van der Waals surface area contributed by atoms with Gasteiger partial charge in [0.2, 0.25) is 0 Å². The summed E-state index contributed by atoms with van der Waals surface area (Å²) in [7, 11) is 0. The largest absolute Gasteiger partial charge is 0.506 e. The number of carbonyl (C=O) groups is 1. The average molecular weight is 254 g/mol. The van der Waals surface area contributed by atoms with Crippen LogP contribution in [0.3, 0.4) is 0 Å². The number of carboxylic acid groups (broad SMARTS) is 1. The highest BCUT2D eigenvalue weighted by Crippen LogP contribution is 2.36. The van der Waals surface area contributed by atoms with E-state index in [-0.39, 0.29) is 22.2 Å². The van der Waals surface area contributed by atoms with Crippen molar-refractivity contribution in [2.24, 2.45) is 0 Å². The van der Waals surface area contributed by atoms with Gasteiger partial charge in [0.15, 0.2) is 11.5 Å². The predicted octanol–water partition coefficient (Wildman–Crippen LogP) is 2.71. The quantitative estimate of drug-likeness (QED) is 0.860. The van der Waals surface area contributed by atoms with E-state index < -0.39 is 5.97 Å². The van der Waals surface area contributed by atoms with Gasteiger partial charge in [-0.15, -0.1) is 0 Å². The standard InChI is InChI=1S/C11H8ClNO4/c1-5-2-3-6(9(12)10(5)14)8-4-7(11(15)16)13-17-8/h2-4,14H,1H3,(H,15,16). The maximum atomic E-state index is 10.6. The van der Waals surface area contributed by atoms with E-state index >= 15 is 0 Å². The topological polar surface area (TPSA) is 83.6 Å². The van der Waals surface area contributed by atoms with Crippen LogP contribution in [0.1, 0.15) is 16.1 Å². The lowest BCUT2D eigenvalue weighted by Crippen LogP contribution is -1.94. The Kier molecular flexibility index (Phi) is 2.77. The van der Waals surface area contributed by atoms with Gasteiger partial charge in [0.05, 0.1) is 5.02 Å². The number of phenols is 1. The van der Waals surface area contributed by atoms with Crippen molar-refractivity contribution in [2.75, 3.05) is 0 Å². The molecule has 5 nitrogen and oxygen atoms in total. The molecule has 0 unspecified atom stereocenters. The number of nitrogens with zero attached hydrogens (tertiary/aromatic N) is 1. The number of aromatic carboxylic acids is 1. The van der Waals surface area contributed by atoms with Gasteiger partial charge in [0.1, 0.15) is 5.75 Å². The van der Waals surface area contributed by atoms with Gasteiger partial charge in [-0.2, -0.15) is 0 Å². The number of aromatic nitrogens is 1. The summed E-state index contributed by atoms with van der Waals surface area (Å²) in [6, 6.07) is 4.53. The summed E-state index contributed by atoms with van der Waals surface area (Å²) < 4.78 is 4.86. The van der Waals surface area contributed by atoms with Gasteiger partial charge >= 0.3 is 5.97 Å². The molecule has 6 heteroatoms. The Hall–Kier alpha value is -2.01. The van der Waals surface area contributed by atoms with Crippen molar-refractivity contribution in [1.29, 1.82) is 0 Å². The van der Waals surface area contributed by atoms with Gasteiger partial charge in [-0.1, -0.05) is 22.8 Å². The van der Waals surface area contributed by atoms with E-state index in [1.807, 2.05) is 0 Å². The number of hydrogen-bond donors (Lipinski definition) is 2. The van der Waals surface area contributed by atoms with Crippen molar-refractivity contribution in [1.82, 2.24) is 5.16 Å². The van der Waals surface area contributed by atoms with Crippen molar-refractivity contribution in [2.45, 2.75) is 6.92 Å². The average Bonchev–Trinajstić information content (AvgIpc) is 2.75. The minimum Gasteiger partial charge on any atom is -0.506 e. The van der Waals surface area contributed by atoms with Crippen LogP contribution in [0.5, 0.6) is 5.75 Å². The van der Waals surface area contributed by atoms with Gasteiger partial charge in [-0.25, -0.2) is 4.79 Å². The van der Waals surface area contributed by atoms with E-state index in [0.717, 1.165) is 0 Å². The molecule has 1 aromatic carbocycles. The first-order valence-electron chi connectivity index (χ1n) is 4.69. The van der Waals surface area contributed by atoms with E-state index in [0.29, 0.717) is 11.1 Å². The number of rotatable bonds is 2. The molecule has 0 spiro atoms. The molecule has 0 bridgehead atoms. The van der Waals surface area contributed by atoms with Crippen molar-refractivity contribution in [3.8, 4) is 17.1 Å². The molecule has 2 rings (SSSR count). The maximum absolute atomic E-state index is 10.6. The fourth-order valence-corrected chi connectivity index (χ4v) is 1.66. The van der Waals surface area contributed by atoms with Crippen LogP contribution in [0, 0.1) is 6.92 Å². The summed E-state index contributed by atoms with van der Waals surface area (Å²) in [5.74, 6) is -1.05. The van der Waals surface area contributed by atoms with Crippen LogP contribution in [-0.4, -0.2) is 21.3 Å². The second-order valence-corrected chi connectivity index (χ2v) is 3.85. The van der Waals surface area contributed by atoms with Crippen LogP contribution in [-0.2, 0) is 0 Å². The number of hydrogen-bond acceptors (Lipinski definition) is 4. The predicted molar refractivity (Wildman–Crippen MR) is 60.3 cm³/mol. The van der Waals surface area contributed by atoms with Gasteiger partial charge in [-0.05, 0) is 18.6 Å². The lowest BCUT2D eigenvalue weighted by atomic mass is 10.1. The monoisotopic (exact) mass is 253 g/mol. The fourth-order valence-electron chi connectivity index (χ4n) is 1.35. The van der Waals surface area contributed by atoms with E-state index in [1.165, 1.54) is 6.07 Å². The van der Waals surface area contributed by atoms with Crippen LogP contribution in [0.25, 0.3) is 11.3 Å². The minimum atomic E-state index is -1.19. The first kappa shape index (κ1) is 11.5. The molecule has 17 heavy (non-hydrogen) atoms. The SMILES string of the molecule is Cc1ccc(-c2cc(C(=O)O)no2)c(Cl)c1O. The maximum Gasteiger partial charge on any atom is 0.358 e. The third kappa shape index (κ3) is 1.97. The van der Waals surface area contributed by atoms with Gasteiger partial charge in [0.25, 0.3) is 0 Å². The molecule has 1 heterocycles. The van der Waals surface area contributed by atoms with Crippen LogP contribution in [0.2, 0.25) is 5.02 Å². The molecule has 0 atom stereocenters. The van der Waals surface area contributed by atoms with E-state index in [2.05, 4.69) is 5.16 Å². The van der Waals surface area contributed by atoms with Crippen molar-refractivity contribution < 1.29 is 19.5 Å². The van der Waals surface area contributed by atoms with Crippen molar-refractivity contribution >= 4 is 17.6 Å². The molecule has 2 N–H and O–H groups in total. The molecule has 0 aliphatic carbocycles. The number of carboxylic acids is 1. The summed E-state index contributed by atoms with van der Waals surface area (Å²) in [6.07, 6.45) is 0. The Balaban J connectivity index is 2.53. The molecule has 0 aliphatic rings. The Labute approximate surface area is 101 Å². The molecule has 88 valence electrons. The third-order valence-corrected chi connectivity index (χ3v) is 2.70. The second kappa shape index (κ2) is 4.10. The molecule has 0 fully saturated rings. The summed E-state index contributed by atoms with van der Waals surface area (Å²) in [4.78, 5) is 10.6. The van der Waals surface area contributed by atoms with Crippen LogP contribution in [0.4, 0.5) is 0 Å². The molecule has 0 saturated heterocycles. The zero-order chi connectivity index (χ0) is 12.6. The highest BCUT2D eigenvalue weighted by Gasteiger charge is 2.16. The van der Waals surface area contributed by atoms with Crippen LogP contribution in [0.15, 0.2) is 22.7 Å². The van der Waals surface area contributed by atoms with Gasteiger partial charge in [0, 0.05) is 11.6 Å². The lowest BCUT2D eigenvalue weighted by molar-refractivity contribution is 0.0686. The number of halogens is 1. The zero-order valence-electron chi connectivity index (χ0n) is 8.77. The molecule has 0 amide bonds. The van der Waals surface area contributed by atoms with E-state index in [1.54, 1.807) is 19.1 Å². The summed E-state index contributed by atoms with van der Waals surface area (Å²) in [6.45, 7) is 1.70. The van der Waals surface area contributed by atoms with Crippen LogP contribution >= 0.6 is 11.6 Å². The number of aryl methyl sites for hydroxylation is 1. The van der Waals surface area contributed by atoms with Gasteiger partial charge < -0.3 is 14.7 Å². The van der Waals surface area contributed by atoms with Crippen molar-refractivity contribution in [3.05, 3.63) is 34.5 Å². The van der Waals surface area contributed by atoms with Crippen LogP contribution < -0.4 is 0 Å². The highest BCUT2D eigenvalue weighted by molar-refractivity contribution is 6.34. The number of phenolic OH excluding ortho intramolecular Hbond substituents is 1. The number of benzene rings is 1. The number of aromatic hydroxyl groups is 1. The molecular formula is C11H8ClNO4. The first-order valence-corrected chi connectivity index (χ1v) is 5.07. The van der Waals surface area contributed by atoms with E-state index in [4.69, 9.17) is 21.2 Å². The van der Waals surface area contributed by atoms with E-state index in [9.17, 15) is 9.90 Å². The Bertz CT molecular complexity index is 591. The zero-order valence-corrected chi connectivity index (χ0v) is 9.52. The lowest BCUT2D eigenvalue weighted by Gasteiger charge is -2.04. The normalized spacial score (nSPS) is 10.5. The Morgan fingerprint density at radius 2 is 2.18 bits per heavy atom. The second-order valence-electron chi connectivity index (χ2n) is 3.47. The molecular weight excluding hydrogens is 246 g/mol. The molecule has 0 radical (unpaired) electrons. The Morgan fingerprint density at radius 3 is 2.76 bits per heavy atom. The molecule has 0 aliphatic heterocycles. The molecule has 0 saturated carbocycles. The fraction of sp³-hybridized carbons (Fsp3) is 0.0909. The first-order chi connectivity index (χ1) is 8.00. The highest BCUT2D eigenvalue weighted by atomic mass is 35.5. The third-order valence-electron chi connectivity index (χ3n) is 2.31. The summed E-state index contributed by atoms with van der Waals surface area (Å²) in [5, 5.41) is 21.8. The molecule has 2 aromatic rings. The Morgan fingerprint density at radius 1 is 1.47 bits per heavy atom.